The number of anilines is 2. The molecule has 20 heavy (non-hydrogen) atoms. The zero-order chi connectivity index (χ0) is 14.5. The summed E-state index contributed by atoms with van der Waals surface area (Å²) in [6.45, 7) is 1.53. The van der Waals surface area contributed by atoms with E-state index in [9.17, 15) is 4.79 Å². The van der Waals surface area contributed by atoms with Crippen molar-refractivity contribution in [2.45, 2.75) is 13.3 Å². The first-order valence-corrected chi connectivity index (χ1v) is 6.14. The topological polar surface area (TPSA) is 90.1 Å². The normalized spacial score (nSPS) is 10.1. The second-order valence-electron chi connectivity index (χ2n) is 4.32. The second-order valence-corrected chi connectivity index (χ2v) is 4.32. The third kappa shape index (κ3) is 3.44. The molecule has 0 saturated heterocycles. The third-order valence-electron chi connectivity index (χ3n) is 2.62. The molecule has 0 atom stereocenters. The van der Waals surface area contributed by atoms with Crippen LogP contribution in [0, 0.1) is 0 Å². The molecule has 6 nitrogen and oxygen atoms in total. The number of hydrogen-bond donors (Lipinski definition) is 2. The average molecular weight is 272 g/mol. The lowest BCUT2D eigenvalue weighted by Gasteiger charge is -2.09. The molecular formula is C14H16N4O2. The van der Waals surface area contributed by atoms with Gasteiger partial charge >= 0.3 is 0 Å². The molecule has 6 heteroatoms. The van der Waals surface area contributed by atoms with Crippen LogP contribution in [0.3, 0.4) is 0 Å². The van der Waals surface area contributed by atoms with Crippen LogP contribution in [0.1, 0.15) is 12.6 Å². The highest BCUT2D eigenvalue weighted by molar-refractivity contribution is 5.77. The maximum absolute atomic E-state index is 11.1. The van der Waals surface area contributed by atoms with Gasteiger partial charge in [0.05, 0.1) is 17.6 Å². The van der Waals surface area contributed by atoms with E-state index >= 15 is 0 Å². The minimum Gasteiger partial charge on any atom is -0.456 e. The van der Waals surface area contributed by atoms with Crippen LogP contribution in [0.15, 0.2) is 30.6 Å². The minimum atomic E-state index is 0.0567. The van der Waals surface area contributed by atoms with Crippen molar-refractivity contribution < 1.29 is 9.53 Å². The van der Waals surface area contributed by atoms with E-state index in [2.05, 4.69) is 15.3 Å². The highest BCUT2D eigenvalue weighted by atomic mass is 16.5. The highest BCUT2D eigenvalue weighted by Crippen LogP contribution is 2.26. The molecule has 0 spiro atoms. The van der Waals surface area contributed by atoms with Crippen molar-refractivity contribution in [3.63, 3.8) is 0 Å². The molecule has 0 aliphatic carbocycles. The van der Waals surface area contributed by atoms with Gasteiger partial charge in [-0.3, -0.25) is 9.78 Å². The fraction of sp³-hybridized carbons (Fsp3) is 0.214. The number of pyridine rings is 2. The molecule has 0 amide bonds. The number of Topliss-reactive ketones (excluding diaryl/α,β-unsaturated/α-hetero) is 1. The van der Waals surface area contributed by atoms with Crippen LogP contribution in [-0.2, 0) is 11.2 Å². The van der Waals surface area contributed by atoms with Gasteiger partial charge in [0.1, 0.15) is 23.1 Å². The molecule has 2 aromatic rings. The van der Waals surface area contributed by atoms with Gasteiger partial charge in [-0.2, -0.15) is 0 Å². The van der Waals surface area contributed by atoms with Crippen molar-refractivity contribution in [2.24, 2.45) is 0 Å². The molecule has 0 aliphatic heterocycles. The highest BCUT2D eigenvalue weighted by Gasteiger charge is 2.05. The fourth-order valence-corrected chi connectivity index (χ4v) is 1.72. The van der Waals surface area contributed by atoms with Gasteiger partial charge in [0.15, 0.2) is 0 Å². The Bertz CT molecular complexity index is 628. The molecule has 2 rings (SSSR count). The van der Waals surface area contributed by atoms with Gasteiger partial charge in [-0.15, -0.1) is 0 Å². The van der Waals surface area contributed by atoms with Crippen LogP contribution in [-0.4, -0.2) is 22.8 Å². The van der Waals surface area contributed by atoms with Gasteiger partial charge in [0, 0.05) is 31.8 Å². The quantitative estimate of drug-likeness (QED) is 0.865. The van der Waals surface area contributed by atoms with Crippen LogP contribution in [0.4, 0.5) is 11.5 Å². The summed E-state index contributed by atoms with van der Waals surface area (Å²) in [5.41, 5.74) is 7.06. The number of nitrogens with one attached hydrogen (secondary N) is 1. The lowest BCUT2D eigenvalue weighted by molar-refractivity contribution is -0.116. The molecule has 0 saturated carbocycles. The summed E-state index contributed by atoms with van der Waals surface area (Å²) >= 11 is 0. The smallest absolute Gasteiger partial charge is 0.147 e. The van der Waals surface area contributed by atoms with Crippen molar-refractivity contribution in [3.05, 3.63) is 36.3 Å². The number of rotatable bonds is 5. The Morgan fingerprint density at radius 2 is 2.15 bits per heavy atom. The third-order valence-corrected chi connectivity index (χ3v) is 2.62. The standard InChI is InChI=1S/C14H16N4O2/c1-9(19)5-10-6-11(3-4-17-10)20-12-7-13(16-2)14(15)18-8-12/h3-4,6-8,16H,5H2,1-2H3,(H2,15,18). The Hall–Kier alpha value is -2.63. The van der Waals surface area contributed by atoms with Crippen molar-refractivity contribution in [1.29, 1.82) is 0 Å². The zero-order valence-corrected chi connectivity index (χ0v) is 11.4. The number of carbonyl (C=O) groups excluding carboxylic acids is 1. The number of carbonyl (C=O) groups is 1. The fourth-order valence-electron chi connectivity index (χ4n) is 1.72. The summed E-state index contributed by atoms with van der Waals surface area (Å²) < 4.78 is 5.69. The Balaban J connectivity index is 2.19. The monoisotopic (exact) mass is 272 g/mol. The molecule has 0 fully saturated rings. The van der Waals surface area contributed by atoms with Gasteiger partial charge < -0.3 is 15.8 Å². The number of nitrogen functional groups attached to an aromatic ring is 1. The summed E-state index contributed by atoms with van der Waals surface area (Å²) in [5, 5.41) is 2.93. The van der Waals surface area contributed by atoms with E-state index in [1.54, 1.807) is 37.6 Å². The average Bonchev–Trinajstić information content (AvgIpc) is 2.40. The summed E-state index contributed by atoms with van der Waals surface area (Å²) in [5.74, 6) is 1.63. The Kier molecular flexibility index (Phi) is 4.14. The van der Waals surface area contributed by atoms with Crippen LogP contribution < -0.4 is 15.8 Å². The minimum absolute atomic E-state index is 0.0567. The van der Waals surface area contributed by atoms with Crippen LogP contribution >= 0.6 is 0 Å². The number of hydrogen-bond acceptors (Lipinski definition) is 6. The van der Waals surface area contributed by atoms with Gasteiger partial charge in [0.2, 0.25) is 0 Å². The maximum Gasteiger partial charge on any atom is 0.147 e. The first-order valence-electron chi connectivity index (χ1n) is 6.14. The van der Waals surface area contributed by atoms with E-state index in [-0.39, 0.29) is 5.78 Å². The number of nitrogens with two attached hydrogens (primary N) is 1. The number of nitrogens with zero attached hydrogens (tertiary/aromatic N) is 2. The van der Waals surface area contributed by atoms with E-state index < -0.39 is 0 Å². The van der Waals surface area contributed by atoms with Crippen molar-refractivity contribution in [1.82, 2.24) is 9.97 Å². The lowest BCUT2D eigenvalue weighted by Crippen LogP contribution is -2.00. The van der Waals surface area contributed by atoms with Crippen LogP contribution in [0.2, 0.25) is 0 Å². The maximum atomic E-state index is 11.1. The second kappa shape index (κ2) is 6.01. The molecule has 0 aliphatic rings. The molecule has 0 radical (unpaired) electrons. The largest absolute Gasteiger partial charge is 0.456 e. The molecule has 3 N–H and O–H groups in total. The van der Waals surface area contributed by atoms with Crippen molar-refractivity contribution in [2.75, 3.05) is 18.1 Å². The zero-order valence-electron chi connectivity index (χ0n) is 11.4. The summed E-state index contributed by atoms with van der Waals surface area (Å²) in [4.78, 5) is 19.2. The molecular weight excluding hydrogens is 256 g/mol. The predicted octanol–water partition coefficient (Wildman–Crippen LogP) is 2.02. The van der Waals surface area contributed by atoms with Crippen LogP contribution in [0.25, 0.3) is 0 Å². The van der Waals surface area contributed by atoms with Gasteiger partial charge in [0.25, 0.3) is 0 Å². The van der Waals surface area contributed by atoms with E-state index in [4.69, 9.17) is 10.5 Å². The summed E-state index contributed by atoms with van der Waals surface area (Å²) in [7, 11) is 1.76. The Morgan fingerprint density at radius 3 is 2.85 bits per heavy atom. The Morgan fingerprint density at radius 1 is 1.35 bits per heavy atom. The summed E-state index contributed by atoms with van der Waals surface area (Å²) in [6.07, 6.45) is 3.44. The van der Waals surface area contributed by atoms with Gasteiger partial charge in [-0.25, -0.2) is 4.98 Å². The van der Waals surface area contributed by atoms with E-state index in [1.807, 2.05) is 0 Å². The molecule has 2 aromatic heterocycles. The molecule has 104 valence electrons. The summed E-state index contributed by atoms with van der Waals surface area (Å²) in [6, 6.07) is 5.21. The SMILES string of the molecule is CNc1cc(Oc2ccnc(CC(C)=O)c2)cnc1N. The van der Waals surface area contributed by atoms with Crippen molar-refractivity contribution >= 4 is 17.3 Å². The number of aromatic nitrogens is 2. The number of ketones is 1. The van der Waals surface area contributed by atoms with E-state index in [0.29, 0.717) is 35.1 Å². The molecule has 0 unspecified atom stereocenters. The van der Waals surface area contributed by atoms with E-state index in [1.165, 1.54) is 6.92 Å². The molecule has 2 heterocycles. The molecule has 0 aromatic carbocycles. The first-order chi connectivity index (χ1) is 9.58. The first kappa shape index (κ1) is 13.8. The van der Waals surface area contributed by atoms with Crippen LogP contribution in [0.5, 0.6) is 11.5 Å². The predicted molar refractivity (Wildman–Crippen MR) is 76.9 cm³/mol. The Labute approximate surface area is 117 Å². The van der Waals surface area contributed by atoms with E-state index in [0.717, 1.165) is 0 Å². The molecule has 0 bridgehead atoms. The van der Waals surface area contributed by atoms with Gasteiger partial charge in [-0.05, 0) is 13.0 Å². The lowest BCUT2D eigenvalue weighted by atomic mass is 10.2. The number of ether oxygens (including phenoxy) is 1. The van der Waals surface area contributed by atoms with Gasteiger partial charge in [-0.1, -0.05) is 0 Å². The van der Waals surface area contributed by atoms with Crippen molar-refractivity contribution in [3.8, 4) is 11.5 Å².